The maximum absolute atomic E-state index is 12.8. The highest BCUT2D eigenvalue weighted by Crippen LogP contribution is 2.32. The van der Waals surface area contributed by atoms with Crippen LogP contribution in [0.3, 0.4) is 0 Å². The van der Waals surface area contributed by atoms with E-state index < -0.39 is 11.7 Å². The molecular formula is C14H16F3NO. The van der Waals surface area contributed by atoms with Gasteiger partial charge in [-0.2, -0.15) is 13.2 Å². The second-order valence-corrected chi connectivity index (χ2v) is 4.66. The first-order valence-electron chi connectivity index (χ1n) is 6.15. The van der Waals surface area contributed by atoms with E-state index >= 15 is 0 Å². The van der Waals surface area contributed by atoms with Gasteiger partial charge in [0.1, 0.15) is 0 Å². The van der Waals surface area contributed by atoms with Crippen LogP contribution in [0.25, 0.3) is 6.08 Å². The van der Waals surface area contributed by atoms with Crippen LogP contribution in [0.4, 0.5) is 13.2 Å². The molecule has 1 saturated heterocycles. The summed E-state index contributed by atoms with van der Waals surface area (Å²) in [5.41, 5.74) is -0.439. The summed E-state index contributed by atoms with van der Waals surface area (Å²) in [6.07, 6.45) is -1.10. The van der Waals surface area contributed by atoms with Crippen LogP contribution in [0.2, 0.25) is 0 Å². The third-order valence-corrected chi connectivity index (χ3v) is 2.94. The van der Waals surface area contributed by atoms with Crippen molar-refractivity contribution < 1.29 is 17.9 Å². The van der Waals surface area contributed by atoms with E-state index in [0.29, 0.717) is 13.2 Å². The van der Waals surface area contributed by atoms with Gasteiger partial charge in [0, 0.05) is 12.1 Å². The highest BCUT2D eigenvalue weighted by molar-refractivity contribution is 5.55. The first kappa shape index (κ1) is 14.1. The highest BCUT2D eigenvalue weighted by Gasteiger charge is 2.32. The van der Waals surface area contributed by atoms with E-state index in [2.05, 4.69) is 5.32 Å². The maximum atomic E-state index is 12.8. The number of alkyl halides is 3. The lowest BCUT2D eigenvalue weighted by atomic mass is 10.1. The van der Waals surface area contributed by atoms with Gasteiger partial charge in [-0.15, -0.1) is 0 Å². The number of hydrogen-bond donors (Lipinski definition) is 1. The minimum atomic E-state index is -4.33. The van der Waals surface area contributed by atoms with Crippen LogP contribution < -0.4 is 5.32 Å². The Morgan fingerprint density at radius 1 is 1.26 bits per heavy atom. The van der Waals surface area contributed by atoms with E-state index in [4.69, 9.17) is 4.74 Å². The van der Waals surface area contributed by atoms with Gasteiger partial charge in [-0.05, 0) is 18.6 Å². The average molecular weight is 271 g/mol. The molecule has 0 aliphatic carbocycles. The van der Waals surface area contributed by atoms with Crippen molar-refractivity contribution in [2.75, 3.05) is 13.2 Å². The summed E-state index contributed by atoms with van der Waals surface area (Å²) in [6.45, 7) is 3.09. The van der Waals surface area contributed by atoms with E-state index in [1.807, 2.05) is 6.92 Å². The largest absolute Gasteiger partial charge is 0.416 e. The number of nitrogens with one attached hydrogen (secondary N) is 1. The smallest absolute Gasteiger partial charge is 0.378 e. The van der Waals surface area contributed by atoms with Crippen LogP contribution >= 0.6 is 0 Å². The molecule has 5 heteroatoms. The molecule has 104 valence electrons. The third kappa shape index (κ3) is 3.81. The van der Waals surface area contributed by atoms with Crippen molar-refractivity contribution in [2.45, 2.75) is 25.2 Å². The fraction of sp³-hybridized carbons (Fsp3) is 0.429. The van der Waals surface area contributed by atoms with Gasteiger partial charge < -0.3 is 10.1 Å². The Hall–Kier alpha value is -1.33. The van der Waals surface area contributed by atoms with Crippen molar-refractivity contribution in [1.82, 2.24) is 5.32 Å². The molecule has 1 aromatic carbocycles. The molecule has 1 aliphatic rings. The van der Waals surface area contributed by atoms with E-state index in [-0.39, 0.29) is 17.6 Å². The molecule has 2 rings (SSSR count). The zero-order chi connectivity index (χ0) is 13.9. The molecule has 2 atom stereocenters. The lowest BCUT2D eigenvalue weighted by molar-refractivity contribution is -0.137. The monoisotopic (exact) mass is 271 g/mol. The molecule has 1 N–H and O–H groups in total. The Balaban J connectivity index is 2.14. The molecule has 0 radical (unpaired) electrons. The number of ether oxygens (including phenoxy) is 1. The van der Waals surface area contributed by atoms with Crippen molar-refractivity contribution in [3.8, 4) is 0 Å². The Morgan fingerprint density at radius 3 is 2.68 bits per heavy atom. The Kier molecular flexibility index (Phi) is 4.27. The van der Waals surface area contributed by atoms with E-state index in [9.17, 15) is 13.2 Å². The number of morpholine rings is 1. The molecule has 0 bridgehead atoms. The quantitative estimate of drug-likeness (QED) is 0.892. The van der Waals surface area contributed by atoms with Gasteiger partial charge in [0.15, 0.2) is 0 Å². The zero-order valence-electron chi connectivity index (χ0n) is 10.6. The second-order valence-electron chi connectivity index (χ2n) is 4.66. The SMILES string of the molecule is CC1COCC(/C=C/c2ccccc2C(F)(F)F)N1. The fourth-order valence-corrected chi connectivity index (χ4v) is 2.06. The molecule has 1 heterocycles. The number of benzene rings is 1. The predicted octanol–water partition coefficient (Wildman–Crippen LogP) is 3.10. The molecule has 1 fully saturated rings. The minimum absolute atomic E-state index is 0.0509. The molecule has 1 aromatic rings. The Labute approximate surface area is 110 Å². The maximum Gasteiger partial charge on any atom is 0.416 e. The number of rotatable bonds is 2. The first-order chi connectivity index (χ1) is 8.97. The molecule has 0 spiro atoms. The van der Waals surface area contributed by atoms with Crippen molar-refractivity contribution >= 4 is 6.08 Å². The Morgan fingerprint density at radius 2 is 2.00 bits per heavy atom. The molecule has 1 aliphatic heterocycles. The van der Waals surface area contributed by atoms with Gasteiger partial charge >= 0.3 is 6.18 Å². The zero-order valence-corrected chi connectivity index (χ0v) is 10.6. The molecule has 2 nitrogen and oxygen atoms in total. The number of halogens is 3. The Bertz CT molecular complexity index is 456. The molecule has 0 aromatic heterocycles. The molecule has 19 heavy (non-hydrogen) atoms. The van der Waals surface area contributed by atoms with Crippen molar-refractivity contribution in [2.24, 2.45) is 0 Å². The van der Waals surface area contributed by atoms with Crippen LogP contribution in [-0.2, 0) is 10.9 Å². The van der Waals surface area contributed by atoms with Gasteiger partial charge in [-0.3, -0.25) is 0 Å². The van der Waals surface area contributed by atoms with Gasteiger partial charge in [-0.25, -0.2) is 0 Å². The van der Waals surface area contributed by atoms with Gasteiger partial charge in [0.2, 0.25) is 0 Å². The average Bonchev–Trinajstić information content (AvgIpc) is 2.36. The second kappa shape index (κ2) is 5.75. The molecule has 2 unspecified atom stereocenters. The first-order valence-corrected chi connectivity index (χ1v) is 6.15. The number of hydrogen-bond acceptors (Lipinski definition) is 2. The van der Waals surface area contributed by atoms with Crippen LogP contribution in [0.15, 0.2) is 30.3 Å². The van der Waals surface area contributed by atoms with Crippen LogP contribution in [0, 0.1) is 0 Å². The van der Waals surface area contributed by atoms with E-state index in [1.165, 1.54) is 18.2 Å². The van der Waals surface area contributed by atoms with Gasteiger partial charge in [-0.1, -0.05) is 30.4 Å². The molecular weight excluding hydrogens is 255 g/mol. The lowest BCUT2D eigenvalue weighted by Gasteiger charge is -2.26. The summed E-state index contributed by atoms with van der Waals surface area (Å²) < 4.78 is 43.7. The lowest BCUT2D eigenvalue weighted by Crippen LogP contribution is -2.46. The van der Waals surface area contributed by atoms with E-state index in [1.54, 1.807) is 12.1 Å². The predicted molar refractivity (Wildman–Crippen MR) is 67.7 cm³/mol. The van der Waals surface area contributed by atoms with Crippen molar-refractivity contribution in [3.05, 3.63) is 41.5 Å². The summed E-state index contributed by atoms with van der Waals surface area (Å²) >= 11 is 0. The van der Waals surface area contributed by atoms with Gasteiger partial charge in [0.25, 0.3) is 0 Å². The van der Waals surface area contributed by atoms with Crippen molar-refractivity contribution in [1.29, 1.82) is 0 Å². The normalized spacial score (nSPS) is 24.8. The summed E-state index contributed by atoms with van der Waals surface area (Å²) in [5, 5.41) is 3.25. The van der Waals surface area contributed by atoms with Crippen LogP contribution in [0.5, 0.6) is 0 Å². The van der Waals surface area contributed by atoms with Crippen molar-refractivity contribution in [3.63, 3.8) is 0 Å². The summed E-state index contributed by atoms with van der Waals surface area (Å²) in [6, 6.07) is 5.71. The molecule has 0 amide bonds. The summed E-state index contributed by atoms with van der Waals surface area (Å²) in [4.78, 5) is 0. The minimum Gasteiger partial charge on any atom is -0.378 e. The highest BCUT2D eigenvalue weighted by atomic mass is 19.4. The van der Waals surface area contributed by atoms with E-state index in [0.717, 1.165) is 6.07 Å². The van der Waals surface area contributed by atoms with Gasteiger partial charge in [0.05, 0.1) is 18.8 Å². The summed E-state index contributed by atoms with van der Waals surface area (Å²) in [7, 11) is 0. The van der Waals surface area contributed by atoms with Crippen LogP contribution in [0.1, 0.15) is 18.1 Å². The standard InChI is InChI=1S/C14H16F3NO/c1-10-8-19-9-12(18-10)7-6-11-4-2-3-5-13(11)14(15,16)17/h2-7,10,12,18H,8-9H2,1H3/b7-6+. The summed E-state index contributed by atoms with van der Waals surface area (Å²) in [5.74, 6) is 0. The fourth-order valence-electron chi connectivity index (χ4n) is 2.06. The topological polar surface area (TPSA) is 21.3 Å². The third-order valence-electron chi connectivity index (χ3n) is 2.94. The van der Waals surface area contributed by atoms with Crippen LogP contribution in [-0.4, -0.2) is 25.3 Å². The molecule has 0 saturated carbocycles.